The molecular weight excluding hydrogens is 278 g/mol. The molecule has 7 heteroatoms. The Hall–Kier alpha value is -1.50. The zero-order valence-corrected chi connectivity index (χ0v) is 12.3. The van der Waals surface area contributed by atoms with Gasteiger partial charge in [0.2, 0.25) is 5.91 Å². The summed E-state index contributed by atoms with van der Waals surface area (Å²) in [7, 11) is 1.75. The zero-order valence-electron chi connectivity index (χ0n) is 11.5. The van der Waals surface area contributed by atoms with E-state index in [0.717, 1.165) is 18.8 Å². The van der Waals surface area contributed by atoms with Crippen LogP contribution in [-0.2, 0) is 4.79 Å². The van der Waals surface area contributed by atoms with Crippen molar-refractivity contribution < 1.29 is 4.79 Å². The van der Waals surface area contributed by atoms with Crippen LogP contribution in [0.2, 0.25) is 5.02 Å². The maximum atomic E-state index is 11.9. The van der Waals surface area contributed by atoms with Crippen molar-refractivity contribution in [2.75, 3.05) is 50.4 Å². The Labute approximate surface area is 123 Å². The number of nitrogens with two attached hydrogens (primary N) is 1. The number of carbonyl (C=O) groups is 1. The smallest absolute Gasteiger partial charge is 0.238 e. The van der Waals surface area contributed by atoms with Crippen LogP contribution >= 0.6 is 11.6 Å². The van der Waals surface area contributed by atoms with E-state index in [1.54, 1.807) is 13.1 Å². The normalized spacial score (nSPS) is 15.5. The molecule has 4 N–H and O–H groups in total. The van der Waals surface area contributed by atoms with Crippen molar-refractivity contribution >= 4 is 28.9 Å². The van der Waals surface area contributed by atoms with Gasteiger partial charge in [-0.2, -0.15) is 0 Å². The van der Waals surface area contributed by atoms with Crippen LogP contribution in [0.3, 0.4) is 0 Å². The second-order valence-corrected chi connectivity index (χ2v) is 5.08. The topological polar surface area (TPSA) is 73.6 Å². The highest BCUT2D eigenvalue weighted by Gasteiger charge is 2.21. The van der Waals surface area contributed by atoms with Gasteiger partial charge in [0, 0.05) is 31.9 Å². The summed E-state index contributed by atoms with van der Waals surface area (Å²) >= 11 is 5.92. The first kappa shape index (κ1) is 14.9. The lowest BCUT2D eigenvalue weighted by molar-refractivity contribution is -0.130. The third-order valence-electron chi connectivity index (χ3n) is 3.39. The summed E-state index contributed by atoms with van der Waals surface area (Å²) in [5, 5.41) is 0.570. The van der Waals surface area contributed by atoms with E-state index < -0.39 is 0 Å². The molecule has 0 radical (unpaired) electrons. The van der Waals surface area contributed by atoms with Gasteiger partial charge in [-0.15, -0.1) is 0 Å². The van der Waals surface area contributed by atoms with Gasteiger partial charge in [-0.1, -0.05) is 11.6 Å². The minimum Gasteiger partial charge on any atom is -0.397 e. The Morgan fingerprint density at radius 1 is 1.35 bits per heavy atom. The fourth-order valence-electron chi connectivity index (χ4n) is 2.22. The molecule has 20 heavy (non-hydrogen) atoms. The van der Waals surface area contributed by atoms with Gasteiger partial charge in [-0.3, -0.25) is 10.2 Å². The van der Waals surface area contributed by atoms with E-state index >= 15 is 0 Å². The first-order valence-corrected chi connectivity index (χ1v) is 6.97. The summed E-state index contributed by atoms with van der Waals surface area (Å²) in [6.45, 7) is 3.34. The third-order valence-corrected chi connectivity index (χ3v) is 3.74. The lowest BCUT2D eigenvalue weighted by Crippen LogP contribution is -2.51. The van der Waals surface area contributed by atoms with Crippen LogP contribution in [0.1, 0.15) is 0 Å². The molecule has 0 atom stereocenters. The number of rotatable bonds is 4. The Kier molecular flexibility index (Phi) is 5.05. The van der Waals surface area contributed by atoms with Gasteiger partial charge in [0.05, 0.1) is 17.3 Å². The molecule has 1 fully saturated rings. The minimum atomic E-state index is 0.106. The third kappa shape index (κ3) is 3.53. The monoisotopic (exact) mass is 297 g/mol. The summed E-state index contributed by atoms with van der Waals surface area (Å²) in [4.78, 5) is 15.9. The fourth-order valence-corrected chi connectivity index (χ4v) is 2.34. The lowest BCUT2D eigenvalue weighted by Gasteiger charge is -2.36. The van der Waals surface area contributed by atoms with Gasteiger partial charge in [0.25, 0.3) is 0 Å². The molecule has 1 aliphatic rings. The number of benzene rings is 1. The Bertz CT molecular complexity index is 474. The van der Waals surface area contributed by atoms with E-state index in [1.807, 2.05) is 17.0 Å². The molecule has 1 aliphatic heterocycles. The van der Waals surface area contributed by atoms with Crippen molar-refractivity contribution in [3.63, 3.8) is 0 Å². The van der Waals surface area contributed by atoms with Gasteiger partial charge in [0.1, 0.15) is 0 Å². The van der Waals surface area contributed by atoms with Crippen LogP contribution in [0.25, 0.3) is 0 Å². The van der Waals surface area contributed by atoms with E-state index in [-0.39, 0.29) is 5.91 Å². The summed E-state index contributed by atoms with van der Waals surface area (Å²) < 4.78 is 0. The lowest BCUT2D eigenvalue weighted by atomic mass is 10.2. The highest BCUT2D eigenvalue weighted by atomic mass is 35.5. The molecule has 0 saturated carbocycles. The molecule has 0 aromatic heterocycles. The first-order valence-electron chi connectivity index (χ1n) is 6.59. The molecule has 1 amide bonds. The van der Waals surface area contributed by atoms with Crippen molar-refractivity contribution in [2.45, 2.75) is 0 Å². The van der Waals surface area contributed by atoms with Crippen LogP contribution < -0.4 is 21.5 Å². The van der Waals surface area contributed by atoms with E-state index in [0.29, 0.717) is 30.3 Å². The summed E-state index contributed by atoms with van der Waals surface area (Å²) in [6, 6.07) is 5.64. The molecule has 0 unspecified atom stereocenters. The van der Waals surface area contributed by atoms with Crippen molar-refractivity contribution in [3.8, 4) is 0 Å². The summed E-state index contributed by atoms with van der Waals surface area (Å²) in [6.07, 6.45) is 0. The number of hydrogen-bond donors (Lipinski definition) is 3. The number of piperazine rings is 1. The number of halogens is 1. The van der Waals surface area contributed by atoms with Gasteiger partial charge in [0.15, 0.2) is 0 Å². The second-order valence-electron chi connectivity index (χ2n) is 4.68. The number of carbonyl (C=O) groups excluding carboxylic acids is 1. The van der Waals surface area contributed by atoms with Crippen molar-refractivity contribution in [3.05, 3.63) is 23.2 Å². The Balaban J connectivity index is 1.90. The molecule has 0 aliphatic carbocycles. The molecule has 1 aromatic carbocycles. The van der Waals surface area contributed by atoms with Crippen molar-refractivity contribution in [2.24, 2.45) is 0 Å². The summed E-state index contributed by atoms with van der Waals surface area (Å²) in [5.41, 5.74) is 13.0. The van der Waals surface area contributed by atoms with Crippen molar-refractivity contribution in [1.82, 2.24) is 15.8 Å². The maximum absolute atomic E-state index is 11.9. The SMILES string of the molecule is CNNCC(=O)N1CCN(c2ccc(Cl)c(N)c2)CC1. The van der Waals surface area contributed by atoms with Gasteiger partial charge in [-0.25, -0.2) is 5.43 Å². The number of nitrogens with one attached hydrogen (secondary N) is 2. The molecule has 110 valence electrons. The largest absolute Gasteiger partial charge is 0.397 e. The highest BCUT2D eigenvalue weighted by Crippen LogP contribution is 2.25. The fraction of sp³-hybridized carbons (Fsp3) is 0.462. The average molecular weight is 298 g/mol. The molecule has 1 heterocycles. The van der Waals surface area contributed by atoms with E-state index in [1.165, 1.54) is 0 Å². The predicted molar refractivity (Wildman–Crippen MR) is 81.7 cm³/mol. The van der Waals surface area contributed by atoms with Crippen LogP contribution in [0.4, 0.5) is 11.4 Å². The van der Waals surface area contributed by atoms with E-state index in [9.17, 15) is 4.79 Å². The molecule has 1 aromatic rings. The van der Waals surface area contributed by atoms with Crippen molar-refractivity contribution in [1.29, 1.82) is 0 Å². The molecule has 0 bridgehead atoms. The zero-order chi connectivity index (χ0) is 14.5. The Morgan fingerprint density at radius 3 is 2.65 bits per heavy atom. The number of amides is 1. The van der Waals surface area contributed by atoms with E-state index in [4.69, 9.17) is 17.3 Å². The molecule has 2 rings (SSSR count). The standard InChI is InChI=1S/C13H20ClN5O/c1-16-17-9-13(20)19-6-4-18(5-7-19)10-2-3-11(14)12(15)8-10/h2-3,8,16-17H,4-7,9,15H2,1H3. The summed E-state index contributed by atoms with van der Waals surface area (Å²) in [5.74, 6) is 0.106. The molecular formula is C13H20ClN5O. The maximum Gasteiger partial charge on any atom is 0.238 e. The number of nitrogens with zero attached hydrogens (tertiary/aromatic N) is 2. The van der Waals surface area contributed by atoms with Gasteiger partial charge in [-0.05, 0) is 25.2 Å². The quantitative estimate of drug-likeness (QED) is 0.550. The Morgan fingerprint density at radius 2 is 2.05 bits per heavy atom. The number of nitrogen functional groups attached to an aromatic ring is 1. The number of hydrazine groups is 1. The molecule has 6 nitrogen and oxygen atoms in total. The average Bonchev–Trinajstić information content (AvgIpc) is 2.48. The van der Waals surface area contributed by atoms with Crippen LogP contribution in [-0.4, -0.2) is 50.6 Å². The number of hydrogen-bond acceptors (Lipinski definition) is 5. The predicted octanol–water partition coefficient (Wildman–Crippen LogP) is 0.295. The van der Waals surface area contributed by atoms with Gasteiger partial charge >= 0.3 is 0 Å². The van der Waals surface area contributed by atoms with Crippen LogP contribution in [0, 0.1) is 0 Å². The van der Waals surface area contributed by atoms with Crippen LogP contribution in [0.15, 0.2) is 18.2 Å². The first-order chi connectivity index (χ1) is 9.61. The van der Waals surface area contributed by atoms with Gasteiger partial charge < -0.3 is 15.5 Å². The second kappa shape index (κ2) is 6.78. The number of anilines is 2. The van der Waals surface area contributed by atoms with E-state index in [2.05, 4.69) is 15.8 Å². The minimum absolute atomic E-state index is 0.106. The molecule has 0 spiro atoms. The van der Waals surface area contributed by atoms with Crippen LogP contribution in [0.5, 0.6) is 0 Å². The highest BCUT2D eigenvalue weighted by molar-refractivity contribution is 6.33. The molecule has 1 saturated heterocycles.